The first-order valence-electron chi connectivity index (χ1n) is 15.3. The molecule has 5 N–H and O–H groups in total. The van der Waals surface area contributed by atoms with Crippen molar-refractivity contribution in [2.75, 3.05) is 51.6 Å². The molecule has 3 fully saturated rings. The second-order valence-corrected chi connectivity index (χ2v) is 13.2. The van der Waals surface area contributed by atoms with E-state index in [1.165, 1.54) is 20.9 Å². The van der Waals surface area contributed by atoms with Crippen LogP contribution >= 0.6 is 11.9 Å². The zero-order valence-corrected chi connectivity index (χ0v) is 25.7. The van der Waals surface area contributed by atoms with Gasteiger partial charge in [-0.15, -0.1) is 0 Å². The highest BCUT2D eigenvalue weighted by molar-refractivity contribution is 7.97. The monoisotopic (exact) mass is 591 g/mol. The normalized spacial score (nSPS) is 20.4. The summed E-state index contributed by atoms with van der Waals surface area (Å²) in [5.74, 6) is 0.882. The van der Waals surface area contributed by atoms with Crippen LogP contribution in [0.25, 0.3) is 0 Å². The lowest BCUT2D eigenvalue weighted by atomic mass is 9.87. The SMILES string of the molecule is CNc1cc(C2CCN(CC(C)Cc3ccc(SN4CCC(N)CC4)cc3)CC2)ccc1C(=N)N1CCC(=O)NC1=O. The number of anilines is 1. The van der Waals surface area contributed by atoms with Gasteiger partial charge < -0.3 is 16.0 Å². The van der Waals surface area contributed by atoms with Gasteiger partial charge in [-0.05, 0) is 104 Å². The van der Waals surface area contributed by atoms with Crippen molar-refractivity contribution in [3.05, 3.63) is 59.2 Å². The van der Waals surface area contributed by atoms with E-state index in [0.717, 1.165) is 70.5 Å². The van der Waals surface area contributed by atoms with Crippen LogP contribution in [0.15, 0.2) is 47.4 Å². The number of likely N-dealkylation sites (tertiary alicyclic amines) is 1. The van der Waals surface area contributed by atoms with E-state index in [1.807, 2.05) is 25.1 Å². The summed E-state index contributed by atoms with van der Waals surface area (Å²) in [6, 6.07) is 15.1. The van der Waals surface area contributed by atoms with Crippen molar-refractivity contribution in [1.82, 2.24) is 19.4 Å². The Morgan fingerprint density at radius 1 is 1.05 bits per heavy atom. The summed E-state index contributed by atoms with van der Waals surface area (Å²) in [6.07, 6.45) is 5.68. The number of imide groups is 1. The van der Waals surface area contributed by atoms with Crippen molar-refractivity contribution < 1.29 is 9.59 Å². The number of carbonyl (C=O) groups is 2. The molecule has 0 aliphatic carbocycles. The first-order valence-corrected chi connectivity index (χ1v) is 16.1. The fourth-order valence-corrected chi connectivity index (χ4v) is 7.26. The van der Waals surface area contributed by atoms with Gasteiger partial charge in [0.1, 0.15) is 5.84 Å². The minimum atomic E-state index is -0.529. The Labute approximate surface area is 254 Å². The third kappa shape index (κ3) is 7.72. The quantitative estimate of drug-likeness (QED) is 0.193. The molecule has 3 aliphatic heterocycles. The Morgan fingerprint density at radius 2 is 1.76 bits per heavy atom. The highest BCUT2D eigenvalue weighted by Crippen LogP contribution is 2.32. The number of hydrogen-bond acceptors (Lipinski definition) is 8. The van der Waals surface area contributed by atoms with E-state index in [0.29, 0.717) is 23.4 Å². The first kappa shape index (κ1) is 30.5. The molecular formula is C32H45N7O2S. The van der Waals surface area contributed by atoms with Crippen molar-refractivity contribution >= 4 is 35.4 Å². The number of amides is 3. The number of rotatable bonds is 9. The predicted molar refractivity (Wildman–Crippen MR) is 170 cm³/mol. The molecule has 2 aromatic rings. The molecule has 1 unspecified atom stereocenters. The third-order valence-electron chi connectivity index (χ3n) is 8.76. The zero-order chi connectivity index (χ0) is 29.6. The van der Waals surface area contributed by atoms with E-state index < -0.39 is 6.03 Å². The maximum atomic E-state index is 12.3. The van der Waals surface area contributed by atoms with Gasteiger partial charge in [0, 0.05) is 61.8 Å². The number of amidine groups is 1. The molecular weight excluding hydrogens is 546 g/mol. The maximum absolute atomic E-state index is 12.3. The minimum Gasteiger partial charge on any atom is -0.388 e. The lowest BCUT2D eigenvalue weighted by Gasteiger charge is -2.34. The van der Waals surface area contributed by atoms with Gasteiger partial charge >= 0.3 is 6.03 Å². The second kappa shape index (κ2) is 14.0. The molecule has 1 atom stereocenters. The van der Waals surface area contributed by atoms with Crippen molar-refractivity contribution in [2.24, 2.45) is 11.7 Å². The van der Waals surface area contributed by atoms with E-state index in [-0.39, 0.29) is 24.7 Å². The highest BCUT2D eigenvalue weighted by atomic mass is 32.2. The van der Waals surface area contributed by atoms with Gasteiger partial charge in [-0.2, -0.15) is 0 Å². The molecule has 2 aromatic carbocycles. The highest BCUT2D eigenvalue weighted by Gasteiger charge is 2.29. The average Bonchev–Trinajstić information content (AvgIpc) is 2.99. The van der Waals surface area contributed by atoms with E-state index in [9.17, 15) is 9.59 Å². The summed E-state index contributed by atoms with van der Waals surface area (Å²) < 4.78 is 2.43. The summed E-state index contributed by atoms with van der Waals surface area (Å²) >= 11 is 1.86. The molecule has 0 spiro atoms. The summed E-state index contributed by atoms with van der Waals surface area (Å²) in [4.78, 5) is 29.0. The molecule has 3 aliphatic rings. The van der Waals surface area contributed by atoms with Gasteiger partial charge in [0.15, 0.2) is 0 Å². The lowest BCUT2D eigenvalue weighted by Crippen LogP contribution is -2.52. The van der Waals surface area contributed by atoms with Crippen LogP contribution in [0.5, 0.6) is 0 Å². The van der Waals surface area contributed by atoms with Crippen LogP contribution < -0.4 is 16.4 Å². The van der Waals surface area contributed by atoms with Gasteiger partial charge in [-0.25, -0.2) is 9.10 Å². The van der Waals surface area contributed by atoms with Crippen LogP contribution in [-0.2, 0) is 11.2 Å². The van der Waals surface area contributed by atoms with Gasteiger partial charge in [0.05, 0.1) is 0 Å². The average molecular weight is 592 g/mol. The Bertz CT molecular complexity index is 1250. The number of nitrogens with zero attached hydrogens (tertiary/aromatic N) is 3. The zero-order valence-electron chi connectivity index (χ0n) is 24.9. The molecule has 0 bridgehead atoms. The van der Waals surface area contributed by atoms with E-state index in [1.54, 1.807) is 0 Å². The fraction of sp³-hybridized carbons (Fsp3) is 0.531. The van der Waals surface area contributed by atoms with Crippen molar-refractivity contribution in [1.29, 1.82) is 5.41 Å². The first-order chi connectivity index (χ1) is 20.3. The molecule has 9 nitrogen and oxygen atoms in total. The maximum Gasteiger partial charge on any atom is 0.329 e. The molecule has 0 radical (unpaired) electrons. The number of piperidine rings is 2. The molecule has 3 saturated heterocycles. The standard InChI is InChI=1S/C32H45N7O2S/c1-22(19-23-3-6-27(7-4-23)42-38-16-11-26(33)12-17-38)21-37-14-9-24(10-15-37)25-5-8-28(29(20-25)35-2)31(34)39-18-13-30(40)36-32(39)41/h3-8,20,22,24,26,34-35H,9-19,21,33H2,1-2H3,(H,36,40,41). The number of nitrogens with two attached hydrogens (primary N) is 1. The fourth-order valence-electron chi connectivity index (χ4n) is 6.31. The molecule has 3 amide bonds. The summed E-state index contributed by atoms with van der Waals surface area (Å²) in [7, 11) is 1.84. The van der Waals surface area contributed by atoms with E-state index in [2.05, 4.69) is 63.2 Å². The Balaban J connectivity index is 1.09. The molecule has 0 aromatic heterocycles. The van der Waals surface area contributed by atoms with Crippen molar-refractivity contribution in [3.63, 3.8) is 0 Å². The van der Waals surface area contributed by atoms with Gasteiger partial charge in [-0.3, -0.25) is 20.4 Å². The van der Waals surface area contributed by atoms with Gasteiger partial charge in [0.25, 0.3) is 0 Å². The van der Waals surface area contributed by atoms with Gasteiger partial charge in [-0.1, -0.05) is 25.1 Å². The van der Waals surface area contributed by atoms with E-state index >= 15 is 0 Å². The van der Waals surface area contributed by atoms with Crippen LogP contribution in [0.3, 0.4) is 0 Å². The molecule has 3 heterocycles. The number of hydrogen-bond donors (Lipinski definition) is 4. The minimum absolute atomic E-state index is 0.111. The Morgan fingerprint density at radius 3 is 2.43 bits per heavy atom. The molecule has 0 saturated carbocycles. The number of urea groups is 1. The predicted octanol–water partition coefficient (Wildman–Crippen LogP) is 4.48. The number of nitrogens with one attached hydrogen (secondary N) is 3. The molecule has 10 heteroatoms. The second-order valence-electron chi connectivity index (χ2n) is 12.0. The van der Waals surface area contributed by atoms with E-state index in [4.69, 9.17) is 11.1 Å². The largest absolute Gasteiger partial charge is 0.388 e. The lowest BCUT2D eigenvalue weighted by molar-refractivity contribution is -0.121. The third-order valence-corrected chi connectivity index (χ3v) is 9.87. The summed E-state index contributed by atoms with van der Waals surface area (Å²) in [6.45, 7) is 7.99. The smallest absolute Gasteiger partial charge is 0.329 e. The molecule has 42 heavy (non-hydrogen) atoms. The number of carbonyl (C=O) groups excluding carboxylic acids is 2. The van der Waals surface area contributed by atoms with Gasteiger partial charge in [0.2, 0.25) is 5.91 Å². The summed E-state index contributed by atoms with van der Waals surface area (Å²) in [5, 5.41) is 14.1. The van der Waals surface area contributed by atoms with Crippen LogP contribution in [0.2, 0.25) is 0 Å². The number of benzene rings is 2. The van der Waals surface area contributed by atoms with Crippen LogP contribution in [0.4, 0.5) is 10.5 Å². The summed E-state index contributed by atoms with van der Waals surface area (Å²) in [5.41, 5.74) is 10.2. The Kier molecular flexibility index (Phi) is 10.2. The van der Waals surface area contributed by atoms with Crippen molar-refractivity contribution in [3.8, 4) is 0 Å². The van der Waals surface area contributed by atoms with Crippen LogP contribution in [-0.4, -0.2) is 84.2 Å². The molecule has 226 valence electrons. The van der Waals surface area contributed by atoms with Crippen molar-refractivity contribution in [2.45, 2.75) is 62.3 Å². The van der Waals surface area contributed by atoms with Crippen LogP contribution in [0, 0.1) is 11.3 Å². The van der Waals surface area contributed by atoms with Crippen LogP contribution in [0.1, 0.15) is 61.6 Å². The molecule has 5 rings (SSSR count). The topological polar surface area (TPSA) is 118 Å². The Hall–Kier alpha value is -2.92.